The van der Waals surface area contributed by atoms with Crippen molar-refractivity contribution in [2.24, 2.45) is 4.40 Å². The lowest BCUT2D eigenvalue weighted by Gasteiger charge is -2.23. The summed E-state index contributed by atoms with van der Waals surface area (Å²) in [7, 11) is -3.87. The Morgan fingerprint density at radius 3 is 2.55 bits per heavy atom. The zero-order chi connectivity index (χ0) is 20.6. The molecule has 1 fully saturated rings. The van der Waals surface area contributed by atoms with E-state index in [-0.39, 0.29) is 16.6 Å². The fraction of sp³-hybridized carbons (Fsp3) is 0.300. The molecular weight excluding hydrogens is 397 g/mol. The predicted octanol–water partition coefficient (Wildman–Crippen LogP) is 2.74. The highest BCUT2D eigenvalue weighted by atomic mass is 32.2. The summed E-state index contributed by atoms with van der Waals surface area (Å²) in [5.41, 5.74) is 0.939. The van der Waals surface area contributed by atoms with Crippen molar-refractivity contribution in [1.82, 2.24) is 9.80 Å². The molecule has 0 spiro atoms. The Kier molecular flexibility index (Phi) is 4.99. The molecule has 0 unspecified atom stereocenters. The van der Waals surface area contributed by atoms with Gasteiger partial charge in [0.15, 0.2) is 5.76 Å². The second kappa shape index (κ2) is 7.47. The van der Waals surface area contributed by atoms with Crippen molar-refractivity contribution in [1.29, 1.82) is 0 Å². The molecule has 7 nitrogen and oxygen atoms in total. The van der Waals surface area contributed by atoms with Crippen LogP contribution in [0.25, 0.3) is 4.91 Å². The third-order valence-corrected chi connectivity index (χ3v) is 6.53. The number of hydrogen-bond donors (Lipinski definition) is 0. The summed E-state index contributed by atoms with van der Waals surface area (Å²) in [6, 6.07) is 8.63. The molecule has 29 heavy (non-hydrogen) atoms. The number of sulfonamides is 1. The summed E-state index contributed by atoms with van der Waals surface area (Å²) in [4.78, 5) is 16.2. The molecule has 2 aliphatic rings. The number of halogens is 1. The lowest BCUT2D eigenvalue weighted by atomic mass is 10.1. The Bertz CT molecular complexity index is 1090. The molecule has 1 aromatic carbocycles. The molecule has 2 aromatic rings. The highest BCUT2D eigenvalue weighted by molar-refractivity contribution is 8.00. The maximum Gasteiger partial charge on any atom is 0.289 e. The molecule has 0 radical (unpaired) electrons. The van der Waals surface area contributed by atoms with Gasteiger partial charge in [-0.1, -0.05) is 12.1 Å². The summed E-state index contributed by atoms with van der Waals surface area (Å²) in [6.45, 7) is 3.71. The van der Waals surface area contributed by atoms with E-state index in [2.05, 4.69) is 4.40 Å². The summed E-state index contributed by atoms with van der Waals surface area (Å²) in [5.74, 6) is 0.0556. The van der Waals surface area contributed by atoms with Crippen LogP contribution in [-0.4, -0.2) is 56.1 Å². The maximum atomic E-state index is 13.2. The predicted molar refractivity (Wildman–Crippen MR) is 106 cm³/mol. The maximum absolute atomic E-state index is 13.2. The first-order valence-corrected chi connectivity index (χ1v) is 10.7. The molecular formula is C20H20FN3O4S. The number of rotatable bonds is 2. The minimum Gasteiger partial charge on any atom is -0.459 e. The molecule has 1 amide bonds. The van der Waals surface area contributed by atoms with E-state index in [1.807, 2.05) is 4.90 Å². The molecule has 0 aliphatic carbocycles. The molecule has 0 N–H and O–H groups in total. The third-order valence-electron chi connectivity index (χ3n) is 5.06. The van der Waals surface area contributed by atoms with Gasteiger partial charge < -0.3 is 14.2 Å². The fourth-order valence-electron chi connectivity index (χ4n) is 3.67. The molecule has 9 heteroatoms. The number of carbonyl (C=O) groups excluding carboxylic acids is 1. The van der Waals surface area contributed by atoms with E-state index in [1.54, 1.807) is 24.0 Å². The first kappa shape index (κ1) is 19.4. The average molecular weight is 417 g/mol. The highest BCUT2D eigenvalue weighted by Gasteiger charge is 2.34. The summed E-state index contributed by atoms with van der Waals surface area (Å²) in [6.07, 6.45) is 2.13. The minimum absolute atomic E-state index is 0.0975. The normalized spacial score (nSPS) is 19.3. The van der Waals surface area contributed by atoms with Crippen LogP contribution in [0.3, 0.4) is 0 Å². The highest BCUT2D eigenvalue weighted by Crippen LogP contribution is 2.33. The minimum atomic E-state index is -3.87. The number of amides is 1. The molecule has 1 saturated heterocycles. The number of furan rings is 1. The molecule has 0 atom stereocenters. The van der Waals surface area contributed by atoms with Crippen molar-refractivity contribution in [3.8, 4) is 0 Å². The van der Waals surface area contributed by atoms with E-state index in [4.69, 9.17) is 4.42 Å². The van der Waals surface area contributed by atoms with Crippen LogP contribution in [0.4, 0.5) is 4.39 Å². The van der Waals surface area contributed by atoms with Crippen LogP contribution in [0.15, 0.2) is 57.0 Å². The summed E-state index contributed by atoms with van der Waals surface area (Å²) in [5, 5.41) is 0. The van der Waals surface area contributed by atoms with Crippen LogP contribution in [0.2, 0.25) is 0 Å². The van der Waals surface area contributed by atoms with Crippen LogP contribution in [0.1, 0.15) is 29.5 Å². The molecule has 4 rings (SSSR count). The van der Waals surface area contributed by atoms with Crippen molar-refractivity contribution < 1.29 is 22.0 Å². The Labute approximate surface area is 168 Å². The van der Waals surface area contributed by atoms with E-state index in [9.17, 15) is 17.6 Å². The quantitative estimate of drug-likeness (QED) is 0.750. The zero-order valence-electron chi connectivity index (χ0n) is 15.8. The zero-order valence-corrected chi connectivity index (χ0v) is 16.7. The van der Waals surface area contributed by atoms with Crippen molar-refractivity contribution >= 4 is 26.7 Å². The largest absolute Gasteiger partial charge is 0.459 e. The summed E-state index contributed by atoms with van der Waals surface area (Å²) >= 11 is 0. The molecule has 3 heterocycles. The number of benzene rings is 1. The van der Waals surface area contributed by atoms with Crippen molar-refractivity contribution in [2.45, 2.75) is 13.3 Å². The SMILES string of the molecule is CC1=C(c2ccc(F)cc2)S(=O)(=O)N=C1N1CCCN(C(=O)c2ccco2)CC1. The lowest BCUT2D eigenvalue weighted by molar-refractivity contribution is 0.0732. The van der Waals surface area contributed by atoms with Gasteiger partial charge in [-0.2, -0.15) is 8.42 Å². The molecule has 1 aromatic heterocycles. The average Bonchev–Trinajstić information content (AvgIpc) is 3.21. The molecule has 152 valence electrons. The standard InChI is InChI=1S/C20H20FN3O4S/c1-14-18(15-5-7-16(21)8-6-15)29(26,27)22-19(14)23-9-3-10-24(12-11-23)20(25)17-4-2-13-28-17/h2,4-8,13H,3,9-12H2,1H3. The van der Waals surface area contributed by atoms with Gasteiger partial charge in [0.1, 0.15) is 16.6 Å². The first-order chi connectivity index (χ1) is 13.9. The van der Waals surface area contributed by atoms with E-state index in [0.29, 0.717) is 49.6 Å². The lowest BCUT2D eigenvalue weighted by Crippen LogP contribution is -2.37. The van der Waals surface area contributed by atoms with Crippen molar-refractivity contribution in [3.63, 3.8) is 0 Å². The van der Waals surface area contributed by atoms with E-state index >= 15 is 0 Å². The van der Waals surface area contributed by atoms with Crippen LogP contribution < -0.4 is 0 Å². The van der Waals surface area contributed by atoms with E-state index in [1.165, 1.54) is 30.5 Å². The van der Waals surface area contributed by atoms with Gasteiger partial charge in [-0.3, -0.25) is 4.79 Å². The van der Waals surface area contributed by atoms with Crippen LogP contribution in [0, 0.1) is 5.82 Å². The number of amidine groups is 1. The van der Waals surface area contributed by atoms with Crippen LogP contribution in [-0.2, 0) is 10.0 Å². The number of carbonyl (C=O) groups is 1. The summed E-state index contributed by atoms with van der Waals surface area (Å²) < 4.78 is 47.8. The van der Waals surface area contributed by atoms with Gasteiger partial charge in [-0.25, -0.2) is 4.39 Å². The Morgan fingerprint density at radius 2 is 1.86 bits per heavy atom. The first-order valence-electron chi connectivity index (χ1n) is 9.27. The van der Waals surface area contributed by atoms with Crippen molar-refractivity contribution in [3.05, 3.63) is 65.4 Å². The second-order valence-corrected chi connectivity index (χ2v) is 8.50. The number of nitrogens with zero attached hydrogens (tertiary/aromatic N) is 3. The second-order valence-electron chi connectivity index (χ2n) is 6.96. The molecule has 0 bridgehead atoms. The van der Waals surface area contributed by atoms with Gasteiger partial charge in [0.25, 0.3) is 15.9 Å². The van der Waals surface area contributed by atoms with Gasteiger partial charge in [-0.05, 0) is 43.2 Å². The Morgan fingerprint density at radius 1 is 1.10 bits per heavy atom. The van der Waals surface area contributed by atoms with Gasteiger partial charge in [-0.15, -0.1) is 4.40 Å². The van der Waals surface area contributed by atoms with Crippen LogP contribution >= 0.6 is 0 Å². The van der Waals surface area contributed by atoms with Crippen molar-refractivity contribution in [2.75, 3.05) is 26.2 Å². The van der Waals surface area contributed by atoms with Gasteiger partial charge in [0.05, 0.1) is 6.26 Å². The van der Waals surface area contributed by atoms with Gasteiger partial charge >= 0.3 is 0 Å². The fourth-order valence-corrected chi connectivity index (χ4v) is 5.16. The molecule has 2 aliphatic heterocycles. The Hall–Kier alpha value is -2.94. The Balaban J connectivity index is 1.57. The topological polar surface area (TPSA) is 83.2 Å². The van der Waals surface area contributed by atoms with E-state index in [0.717, 1.165) is 0 Å². The third kappa shape index (κ3) is 3.69. The van der Waals surface area contributed by atoms with E-state index < -0.39 is 15.8 Å². The smallest absolute Gasteiger partial charge is 0.289 e. The monoisotopic (exact) mass is 417 g/mol. The number of hydrogen-bond acceptors (Lipinski definition) is 5. The van der Waals surface area contributed by atoms with Gasteiger partial charge in [0.2, 0.25) is 0 Å². The van der Waals surface area contributed by atoms with Crippen LogP contribution in [0.5, 0.6) is 0 Å². The molecule has 0 saturated carbocycles. The van der Waals surface area contributed by atoms with Gasteiger partial charge in [0, 0.05) is 31.8 Å².